The quantitative estimate of drug-likeness (QED) is 0.585. The van der Waals surface area contributed by atoms with Crippen LogP contribution in [0.15, 0.2) is 18.2 Å². The fourth-order valence-electron chi connectivity index (χ4n) is 3.80. The molecule has 6 heteroatoms. The number of rotatable bonds is 7. The van der Waals surface area contributed by atoms with Gasteiger partial charge < -0.3 is 14.5 Å². The minimum Gasteiger partial charge on any atom is -0.494 e. The zero-order valence-electron chi connectivity index (χ0n) is 17.1. The van der Waals surface area contributed by atoms with Gasteiger partial charge >= 0.3 is 5.97 Å². The summed E-state index contributed by atoms with van der Waals surface area (Å²) < 4.78 is 10.7. The molecule has 2 heterocycles. The van der Waals surface area contributed by atoms with Crippen LogP contribution in [0.5, 0.6) is 5.75 Å². The largest absolute Gasteiger partial charge is 0.494 e. The van der Waals surface area contributed by atoms with Gasteiger partial charge in [-0.1, -0.05) is 6.07 Å². The molecule has 0 fully saturated rings. The Morgan fingerprint density at radius 2 is 1.93 bits per heavy atom. The lowest BCUT2D eigenvalue weighted by molar-refractivity contribution is 0.0525. The molecule has 0 atom stereocenters. The van der Waals surface area contributed by atoms with E-state index in [1.165, 1.54) is 11.1 Å². The van der Waals surface area contributed by atoms with Crippen LogP contribution in [0.2, 0.25) is 0 Å². The smallest absolute Gasteiger partial charge is 0.340 e. The van der Waals surface area contributed by atoms with E-state index in [4.69, 9.17) is 9.47 Å². The summed E-state index contributed by atoms with van der Waals surface area (Å²) in [6.45, 7) is 10.1. The fourth-order valence-corrected chi connectivity index (χ4v) is 3.80. The third kappa shape index (κ3) is 4.12. The Hall–Kier alpha value is -2.60. The van der Waals surface area contributed by atoms with Crippen LogP contribution in [0.3, 0.4) is 0 Å². The molecule has 1 aromatic carbocycles. The van der Waals surface area contributed by atoms with Gasteiger partial charge in [-0.2, -0.15) is 0 Å². The van der Waals surface area contributed by atoms with Gasteiger partial charge in [-0.25, -0.2) is 4.79 Å². The second kappa shape index (κ2) is 8.61. The average molecular weight is 384 g/mol. The first-order valence-electron chi connectivity index (χ1n) is 9.81. The maximum absolute atomic E-state index is 12.9. The number of nitrogens with one attached hydrogen (secondary N) is 1. The summed E-state index contributed by atoms with van der Waals surface area (Å²) >= 11 is 0. The predicted molar refractivity (Wildman–Crippen MR) is 107 cm³/mol. The van der Waals surface area contributed by atoms with Gasteiger partial charge in [-0.3, -0.25) is 9.69 Å². The lowest BCUT2D eigenvalue weighted by Crippen LogP contribution is -2.35. The zero-order chi connectivity index (χ0) is 20.3. The maximum atomic E-state index is 12.9. The number of fused-ring (bicyclic) bond motifs is 1. The number of Topliss-reactive ketones (excluding diaryl/α,β-unsaturated/α-hetero) is 1. The van der Waals surface area contributed by atoms with E-state index in [0.717, 1.165) is 18.7 Å². The van der Waals surface area contributed by atoms with E-state index in [1.54, 1.807) is 20.8 Å². The Labute approximate surface area is 165 Å². The van der Waals surface area contributed by atoms with E-state index in [0.29, 0.717) is 48.8 Å². The molecule has 1 aliphatic rings. The van der Waals surface area contributed by atoms with Crippen molar-refractivity contribution in [3.63, 3.8) is 0 Å². The van der Waals surface area contributed by atoms with Gasteiger partial charge in [0.05, 0.1) is 31.0 Å². The molecule has 3 rings (SSSR count). The molecule has 0 saturated heterocycles. The van der Waals surface area contributed by atoms with Crippen molar-refractivity contribution in [3.05, 3.63) is 51.8 Å². The summed E-state index contributed by atoms with van der Waals surface area (Å²) in [5.41, 5.74) is 4.81. The van der Waals surface area contributed by atoms with Gasteiger partial charge in [0.25, 0.3) is 0 Å². The second-order valence-electron chi connectivity index (χ2n) is 7.09. The van der Waals surface area contributed by atoms with Gasteiger partial charge in [-0.15, -0.1) is 0 Å². The Morgan fingerprint density at radius 1 is 1.14 bits per heavy atom. The van der Waals surface area contributed by atoms with E-state index in [2.05, 4.69) is 22.0 Å². The van der Waals surface area contributed by atoms with Crippen molar-refractivity contribution >= 4 is 11.8 Å². The van der Waals surface area contributed by atoms with Crippen molar-refractivity contribution in [1.82, 2.24) is 9.88 Å². The zero-order valence-corrected chi connectivity index (χ0v) is 17.1. The molecule has 0 unspecified atom stereocenters. The van der Waals surface area contributed by atoms with Crippen LogP contribution in [-0.2, 0) is 17.7 Å². The van der Waals surface area contributed by atoms with Gasteiger partial charge in [0.1, 0.15) is 5.75 Å². The summed E-state index contributed by atoms with van der Waals surface area (Å²) in [5.74, 6) is 0.466. The Kier molecular flexibility index (Phi) is 6.19. The monoisotopic (exact) mass is 384 g/mol. The molecule has 1 aliphatic heterocycles. The number of H-pyrrole nitrogens is 1. The Morgan fingerprint density at radius 3 is 2.64 bits per heavy atom. The topological polar surface area (TPSA) is 71.6 Å². The molecular formula is C22H28N2O4. The lowest BCUT2D eigenvalue weighted by Gasteiger charge is -2.28. The summed E-state index contributed by atoms with van der Waals surface area (Å²) in [4.78, 5) is 30.3. The third-order valence-electron chi connectivity index (χ3n) is 5.14. The Balaban J connectivity index is 1.73. The van der Waals surface area contributed by atoms with E-state index < -0.39 is 0 Å². The summed E-state index contributed by atoms with van der Waals surface area (Å²) in [6, 6.07) is 6.19. The van der Waals surface area contributed by atoms with E-state index >= 15 is 0 Å². The number of ether oxygens (including phenoxy) is 2. The number of esters is 1. The third-order valence-corrected chi connectivity index (χ3v) is 5.14. The van der Waals surface area contributed by atoms with Crippen LogP contribution in [0, 0.1) is 13.8 Å². The number of carbonyl (C=O) groups excluding carboxylic acids is 2. The number of nitrogens with zero attached hydrogens (tertiary/aromatic N) is 1. The lowest BCUT2D eigenvalue weighted by atomic mass is 9.99. The maximum Gasteiger partial charge on any atom is 0.340 e. The highest BCUT2D eigenvalue weighted by Crippen LogP contribution is 2.25. The molecular weight excluding hydrogens is 356 g/mol. The van der Waals surface area contributed by atoms with Crippen molar-refractivity contribution < 1.29 is 19.1 Å². The summed E-state index contributed by atoms with van der Waals surface area (Å²) in [5, 5.41) is 0. The van der Waals surface area contributed by atoms with Crippen molar-refractivity contribution in [3.8, 4) is 5.75 Å². The van der Waals surface area contributed by atoms with Gasteiger partial charge in [-0.05, 0) is 62.9 Å². The number of benzene rings is 1. The van der Waals surface area contributed by atoms with Crippen LogP contribution in [0.4, 0.5) is 0 Å². The first-order valence-corrected chi connectivity index (χ1v) is 9.81. The molecule has 0 spiro atoms. The molecule has 1 aromatic heterocycles. The highest BCUT2D eigenvalue weighted by Gasteiger charge is 2.25. The van der Waals surface area contributed by atoms with E-state index in [1.807, 2.05) is 13.0 Å². The second-order valence-corrected chi connectivity index (χ2v) is 7.09. The van der Waals surface area contributed by atoms with Crippen LogP contribution >= 0.6 is 0 Å². The van der Waals surface area contributed by atoms with Crippen molar-refractivity contribution in [2.24, 2.45) is 0 Å². The van der Waals surface area contributed by atoms with Crippen LogP contribution in [0.1, 0.15) is 57.1 Å². The molecule has 0 amide bonds. The summed E-state index contributed by atoms with van der Waals surface area (Å²) in [6.07, 6.45) is 0.909. The molecule has 2 aromatic rings. The minimum atomic E-state index is -0.386. The van der Waals surface area contributed by atoms with Crippen molar-refractivity contribution in [2.75, 3.05) is 26.3 Å². The van der Waals surface area contributed by atoms with E-state index in [9.17, 15) is 9.59 Å². The number of aryl methyl sites for hydroxylation is 1. The number of aromatic nitrogens is 1. The normalized spacial score (nSPS) is 13.9. The average Bonchev–Trinajstić information content (AvgIpc) is 2.96. The molecule has 0 bridgehead atoms. The number of carbonyl (C=O) groups is 2. The molecule has 1 N–H and O–H groups in total. The number of aromatic amines is 1. The van der Waals surface area contributed by atoms with Gasteiger partial charge in [0, 0.05) is 18.8 Å². The van der Waals surface area contributed by atoms with Crippen molar-refractivity contribution in [2.45, 2.75) is 40.7 Å². The van der Waals surface area contributed by atoms with Gasteiger partial charge in [0.15, 0.2) is 5.78 Å². The first kappa shape index (κ1) is 20.1. The minimum absolute atomic E-state index is 0.0134. The molecule has 150 valence electrons. The highest BCUT2D eigenvalue weighted by atomic mass is 16.5. The molecule has 28 heavy (non-hydrogen) atoms. The molecule has 0 saturated carbocycles. The first-order chi connectivity index (χ1) is 13.4. The predicted octanol–water partition coefficient (Wildman–Crippen LogP) is 3.45. The number of hydrogen-bond donors (Lipinski definition) is 1. The van der Waals surface area contributed by atoms with Crippen LogP contribution < -0.4 is 4.74 Å². The SMILES string of the molecule is CCOC(=O)c1c(C)[nH]c(C(=O)CN2CCc3ccc(OCC)cc3C2)c1C. The Bertz CT molecular complexity index is 885. The molecule has 0 radical (unpaired) electrons. The van der Waals surface area contributed by atoms with E-state index in [-0.39, 0.29) is 11.8 Å². The number of ketones is 1. The highest BCUT2D eigenvalue weighted by molar-refractivity contribution is 6.02. The standard InChI is InChI=1S/C22H28N2O4/c1-5-27-18-8-7-16-9-10-24(12-17(16)11-18)13-19(25)21-14(3)20(15(4)23-21)22(26)28-6-2/h7-8,11,23H,5-6,9-10,12-13H2,1-4H3. The fraction of sp³-hybridized carbons (Fsp3) is 0.455. The van der Waals surface area contributed by atoms with Crippen LogP contribution in [-0.4, -0.2) is 47.9 Å². The number of hydrogen-bond acceptors (Lipinski definition) is 5. The summed E-state index contributed by atoms with van der Waals surface area (Å²) in [7, 11) is 0. The van der Waals surface area contributed by atoms with Crippen molar-refractivity contribution in [1.29, 1.82) is 0 Å². The van der Waals surface area contributed by atoms with Crippen LogP contribution in [0.25, 0.3) is 0 Å². The molecule has 0 aliphatic carbocycles. The van der Waals surface area contributed by atoms with Gasteiger partial charge in [0.2, 0.25) is 0 Å². The molecule has 6 nitrogen and oxygen atoms in total.